The first-order chi connectivity index (χ1) is 6.15. The normalized spacial score (nSPS) is 15.2. The molecule has 0 aliphatic heterocycles. The first kappa shape index (κ1) is 9.73. The summed E-state index contributed by atoms with van der Waals surface area (Å²) in [4.78, 5) is 11.0. The summed E-state index contributed by atoms with van der Waals surface area (Å²) in [6.07, 6.45) is 3.35. The highest BCUT2D eigenvalue weighted by atomic mass is 16.5. The topological polar surface area (TPSA) is 95.9 Å². The quantitative estimate of drug-likeness (QED) is 0.598. The summed E-state index contributed by atoms with van der Waals surface area (Å²) in [5.41, 5.74) is 5.75. The summed E-state index contributed by atoms with van der Waals surface area (Å²) in [5, 5.41) is 9.34. The van der Waals surface area contributed by atoms with Gasteiger partial charge in [-0.25, -0.2) is 9.95 Å². The van der Waals surface area contributed by atoms with Crippen LogP contribution in [0.3, 0.4) is 0 Å². The zero-order valence-electron chi connectivity index (χ0n) is 7.41. The lowest BCUT2D eigenvalue weighted by atomic mass is 10.00. The van der Waals surface area contributed by atoms with Crippen LogP contribution in [0.25, 0.3) is 0 Å². The molecule has 0 bridgehead atoms. The van der Waals surface area contributed by atoms with E-state index in [2.05, 4.69) is 9.68 Å². The average molecular weight is 183 g/mol. The Morgan fingerprint density at radius 2 is 2.54 bits per heavy atom. The molecule has 2 atom stereocenters. The summed E-state index contributed by atoms with van der Waals surface area (Å²) in [6, 6.07) is -0.362. The minimum Gasteiger partial charge on any atom is -0.339 e. The largest absolute Gasteiger partial charge is 0.361 e. The van der Waals surface area contributed by atoms with Crippen molar-refractivity contribution >= 4 is 6.21 Å². The Balaban J connectivity index is 2.69. The SMILES string of the molecule is CC(C=N)CC(N)c1c[nH]oc1=O. The number of nitrogens with one attached hydrogen (secondary N) is 2. The van der Waals surface area contributed by atoms with Crippen molar-refractivity contribution < 1.29 is 4.52 Å². The molecule has 0 fully saturated rings. The van der Waals surface area contributed by atoms with Crippen molar-refractivity contribution in [2.24, 2.45) is 11.7 Å². The number of hydrogen-bond acceptors (Lipinski definition) is 4. The third kappa shape index (κ3) is 2.29. The second kappa shape index (κ2) is 4.04. The van der Waals surface area contributed by atoms with Crippen LogP contribution < -0.4 is 11.4 Å². The number of H-pyrrole nitrogens is 1. The molecule has 0 aliphatic rings. The maximum absolute atomic E-state index is 11.0. The molecule has 0 saturated carbocycles. The molecule has 1 aromatic rings. The third-order valence-corrected chi connectivity index (χ3v) is 1.91. The van der Waals surface area contributed by atoms with E-state index < -0.39 is 5.63 Å². The Morgan fingerprint density at radius 3 is 3.00 bits per heavy atom. The number of hydrogen-bond donors (Lipinski definition) is 3. The fraction of sp³-hybridized carbons (Fsp3) is 0.500. The van der Waals surface area contributed by atoms with Crippen molar-refractivity contribution in [3.63, 3.8) is 0 Å². The first-order valence-corrected chi connectivity index (χ1v) is 4.08. The monoisotopic (exact) mass is 183 g/mol. The molecule has 72 valence electrons. The van der Waals surface area contributed by atoms with Gasteiger partial charge in [-0.15, -0.1) is 0 Å². The van der Waals surface area contributed by atoms with Gasteiger partial charge in [0.15, 0.2) is 0 Å². The van der Waals surface area contributed by atoms with Crippen molar-refractivity contribution in [3.8, 4) is 0 Å². The van der Waals surface area contributed by atoms with E-state index >= 15 is 0 Å². The molecule has 13 heavy (non-hydrogen) atoms. The standard InChI is InChI=1S/C8H13N3O2/c1-5(3-9)2-7(10)6-4-11-13-8(6)12/h3-5,7,9,11H,2,10H2,1H3. The maximum atomic E-state index is 11.0. The lowest BCUT2D eigenvalue weighted by Crippen LogP contribution is -2.19. The molecule has 2 unspecified atom stereocenters. The van der Waals surface area contributed by atoms with Crippen molar-refractivity contribution in [3.05, 3.63) is 22.2 Å². The number of rotatable bonds is 4. The summed E-state index contributed by atoms with van der Waals surface area (Å²) < 4.78 is 4.48. The van der Waals surface area contributed by atoms with Crippen LogP contribution in [0.4, 0.5) is 0 Å². The predicted octanol–water partition coefficient (Wildman–Crippen LogP) is 0.643. The molecule has 0 saturated heterocycles. The van der Waals surface area contributed by atoms with Crippen LogP contribution in [0.5, 0.6) is 0 Å². The van der Waals surface area contributed by atoms with Crippen LogP contribution in [0, 0.1) is 11.3 Å². The Hall–Kier alpha value is -1.36. The Morgan fingerprint density at radius 1 is 1.85 bits per heavy atom. The molecular formula is C8H13N3O2. The highest BCUT2D eigenvalue weighted by Crippen LogP contribution is 2.13. The molecule has 1 rings (SSSR count). The van der Waals surface area contributed by atoms with E-state index in [1.165, 1.54) is 12.4 Å². The summed E-state index contributed by atoms with van der Waals surface area (Å²) in [5.74, 6) is 0.0734. The van der Waals surface area contributed by atoms with Gasteiger partial charge in [0.1, 0.15) is 0 Å². The molecule has 0 aliphatic carbocycles. The van der Waals surface area contributed by atoms with Crippen LogP contribution in [-0.4, -0.2) is 11.4 Å². The van der Waals surface area contributed by atoms with Gasteiger partial charge in [-0.1, -0.05) is 6.92 Å². The summed E-state index contributed by atoms with van der Waals surface area (Å²) >= 11 is 0. The van der Waals surface area contributed by atoms with Gasteiger partial charge in [-0.2, -0.15) is 0 Å². The zero-order chi connectivity index (χ0) is 9.84. The number of aromatic amines is 1. The van der Waals surface area contributed by atoms with E-state index in [1.807, 2.05) is 6.92 Å². The molecule has 4 N–H and O–H groups in total. The predicted molar refractivity (Wildman–Crippen MR) is 48.8 cm³/mol. The van der Waals surface area contributed by atoms with E-state index in [0.29, 0.717) is 12.0 Å². The Bertz CT molecular complexity index is 328. The fourth-order valence-electron chi connectivity index (χ4n) is 1.12. The summed E-state index contributed by atoms with van der Waals surface area (Å²) in [6.45, 7) is 1.88. The molecule has 0 amide bonds. The molecule has 0 aromatic carbocycles. The van der Waals surface area contributed by atoms with Gasteiger partial charge in [0.05, 0.1) is 5.56 Å². The minimum absolute atomic E-state index is 0.0734. The number of aromatic nitrogens is 1. The average Bonchev–Trinajstić information content (AvgIpc) is 2.51. The lowest BCUT2D eigenvalue weighted by Gasteiger charge is -2.10. The molecule has 1 heterocycles. The Kier molecular flexibility index (Phi) is 3.02. The van der Waals surface area contributed by atoms with Crippen molar-refractivity contribution in [1.82, 2.24) is 5.16 Å². The molecule has 5 heteroatoms. The minimum atomic E-state index is -0.426. The van der Waals surface area contributed by atoms with Crippen molar-refractivity contribution in [2.75, 3.05) is 0 Å². The van der Waals surface area contributed by atoms with E-state index in [9.17, 15) is 4.79 Å². The van der Waals surface area contributed by atoms with Gasteiger partial charge in [0.25, 0.3) is 0 Å². The van der Waals surface area contributed by atoms with Crippen molar-refractivity contribution in [2.45, 2.75) is 19.4 Å². The highest BCUT2D eigenvalue weighted by Gasteiger charge is 2.14. The first-order valence-electron chi connectivity index (χ1n) is 4.08. The molecule has 0 radical (unpaired) electrons. The Labute approximate surface area is 75.4 Å². The van der Waals surface area contributed by atoms with Crippen LogP contribution in [0.2, 0.25) is 0 Å². The second-order valence-corrected chi connectivity index (χ2v) is 3.09. The van der Waals surface area contributed by atoms with Gasteiger partial charge in [-0.05, 0) is 18.6 Å². The van der Waals surface area contributed by atoms with Crippen LogP contribution in [0.15, 0.2) is 15.5 Å². The molecule has 0 spiro atoms. The number of nitrogens with two attached hydrogens (primary N) is 1. The highest BCUT2D eigenvalue weighted by molar-refractivity contribution is 5.56. The van der Waals surface area contributed by atoms with E-state index in [-0.39, 0.29) is 12.0 Å². The maximum Gasteiger partial charge on any atom is 0.361 e. The van der Waals surface area contributed by atoms with Gasteiger partial charge in [-0.3, -0.25) is 0 Å². The zero-order valence-corrected chi connectivity index (χ0v) is 7.41. The lowest BCUT2D eigenvalue weighted by molar-refractivity contribution is 0.388. The van der Waals surface area contributed by atoms with E-state index in [4.69, 9.17) is 11.1 Å². The van der Waals surface area contributed by atoms with E-state index in [0.717, 1.165) is 0 Å². The van der Waals surface area contributed by atoms with Crippen LogP contribution >= 0.6 is 0 Å². The smallest absolute Gasteiger partial charge is 0.339 e. The van der Waals surface area contributed by atoms with Crippen LogP contribution in [0.1, 0.15) is 24.9 Å². The van der Waals surface area contributed by atoms with Crippen molar-refractivity contribution in [1.29, 1.82) is 5.41 Å². The van der Waals surface area contributed by atoms with Gasteiger partial charge in [0, 0.05) is 12.2 Å². The molecular weight excluding hydrogens is 170 g/mol. The van der Waals surface area contributed by atoms with Gasteiger partial charge in [0.2, 0.25) is 0 Å². The van der Waals surface area contributed by atoms with Gasteiger partial charge < -0.3 is 15.7 Å². The van der Waals surface area contributed by atoms with Crippen LogP contribution in [-0.2, 0) is 0 Å². The van der Waals surface area contributed by atoms with E-state index in [1.54, 1.807) is 0 Å². The summed E-state index contributed by atoms with van der Waals surface area (Å²) in [7, 11) is 0. The third-order valence-electron chi connectivity index (χ3n) is 1.91. The molecule has 5 nitrogen and oxygen atoms in total. The molecule has 1 aromatic heterocycles. The second-order valence-electron chi connectivity index (χ2n) is 3.09. The van der Waals surface area contributed by atoms with Gasteiger partial charge >= 0.3 is 5.63 Å². The fourth-order valence-corrected chi connectivity index (χ4v) is 1.12.